The molecule has 0 aromatic carbocycles. The molecule has 0 saturated carbocycles. The Labute approximate surface area is 62.9 Å². The van der Waals surface area contributed by atoms with E-state index in [1.165, 1.54) is 19.3 Å². The van der Waals surface area contributed by atoms with Crippen molar-refractivity contribution in [2.75, 3.05) is 0 Å². The lowest BCUT2D eigenvalue weighted by atomic mass is 10.2. The maximum Gasteiger partial charge on any atom is -0.00948 e. The van der Waals surface area contributed by atoms with Crippen molar-refractivity contribution in [2.45, 2.75) is 25.7 Å². The molecule has 0 amide bonds. The van der Waals surface area contributed by atoms with Gasteiger partial charge in [0.25, 0.3) is 0 Å². The molecule has 0 heterocycles. The van der Waals surface area contributed by atoms with Crippen LogP contribution < -0.4 is 0 Å². The van der Waals surface area contributed by atoms with Crippen LogP contribution in [0.4, 0.5) is 0 Å². The molecule has 0 aliphatic heterocycles. The fraction of sp³-hybridized carbons (Fsp3) is 0.400. The molecule has 0 N–H and O–H groups in total. The lowest BCUT2D eigenvalue weighted by molar-refractivity contribution is 0.863. The largest absolute Gasteiger partial charge is 0.0845 e. The van der Waals surface area contributed by atoms with E-state index in [-0.39, 0.29) is 0 Å². The van der Waals surface area contributed by atoms with Crippen molar-refractivity contribution in [3.05, 3.63) is 36.5 Å². The minimum Gasteiger partial charge on any atom is -0.0845 e. The molecule has 10 heavy (non-hydrogen) atoms. The molecule has 1 aliphatic carbocycles. The number of allylic oxidation sites excluding steroid dienone is 6. The topological polar surface area (TPSA) is 0 Å². The summed E-state index contributed by atoms with van der Waals surface area (Å²) in [5.74, 6) is 0. The molecule has 1 aliphatic rings. The molecule has 0 heteroatoms. The van der Waals surface area contributed by atoms with E-state index in [1.54, 1.807) is 0 Å². The van der Waals surface area contributed by atoms with E-state index in [9.17, 15) is 0 Å². The van der Waals surface area contributed by atoms with Crippen molar-refractivity contribution in [3.8, 4) is 0 Å². The van der Waals surface area contributed by atoms with Crippen LogP contribution in [0.15, 0.2) is 30.4 Å². The maximum atomic E-state index is 3.21. The van der Waals surface area contributed by atoms with E-state index in [0.29, 0.717) is 0 Å². The third-order valence-electron chi connectivity index (χ3n) is 1.48. The SMILES string of the molecule is [C]1=CCCCC=CC=CC1. The van der Waals surface area contributed by atoms with Crippen LogP contribution in [-0.4, -0.2) is 0 Å². The summed E-state index contributed by atoms with van der Waals surface area (Å²) in [6.07, 6.45) is 18.5. The lowest BCUT2D eigenvalue weighted by Gasteiger charge is -1.90. The highest BCUT2D eigenvalue weighted by molar-refractivity contribution is 5.04. The lowest BCUT2D eigenvalue weighted by Crippen LogP contribution is -1.71. The van der Waals surface area contributed by atoms with E-state index >= 15 is 0 Å². The minimum absolute atomic E-state index is 0.963. The van der Waals surface area contributed by atoms with Crippen LogP contribution in [0, 0.1) is 6.08 Å². The molecule has 1 rings (SSSR count). The molecule has 0 saturated heterocycles. The van der Waals surface area contributed by atoms with Gasteiger partial charge >= 0.3 is 0 Å². The Morgan fingerprint density at radius 1 is 1.00 bits per heavy atom. The highest BCUT2D eigenvalue weighted by atomic mass is 13.9. The molecular weight excluding hydrogens is 120 g/mol. The second-order valence-corrected chi connectivity index (χ2v) is 2.40. The van der Waals surface area contributed by atoms with Gasteiger partial charge in [0, 0.05) is 0 Å². The van der Waals surface area contributed by atoms with Gasteiger partial charge in [-0.25, -0.2) is 0 Å². The van der Waals surface area contributed by atoms with Crippen molar-refractivity contribution in [1.82, 2.24) is 0 Å². The van der Waals surface area contributed by atoms with E-state index in [0.717, 1.165) is 6.42 Å². The molecule has 53 valence electrons. The Morgan fingerprint density at radius 2 is 1.90 bits per heavy atom. The van der Waals surface area contributed by atoms with E-state index < -0.39 is 0 Å². The van der Waals surface area contributed by atoms with Crippen molar-refractivity contribution in [1.29, 1.82) is 0 Å². The molecule has 1 radical (unpaired) electrons. The predicted molar refractivity (Wildman–Crippen MR) is 44.6 cm³/mol. The number of hydrogen-bond donors (Lipinski definition) is 0. The Morgan fingerprint density at radius 3 is 2.90 bits per heavy atom. The van der Waals surface area contributed by atoms with Gasteiger partial charge in [-0.1, -0.05) is 30.4 Å². The first-order valence-electron chi connectivity index (χ1n) is 3.87. The van der Waals surface area contributed by atoms with Crippen LogP contribution in [0.25, 0.3) is 0 Å². The molecule has 0 spiro atoms. The molecule has 0 bridgehead atoms. The Balaban J connectivity index is 2.38. The Hall–Kier alpha value is -0.780. The summed E-state index contributed by atoms with van der Waals surface area (Å²) < 4.78 is 0. The van der Waals surface area contributed by atoms with Crippen molar-refractivity contribution in [3.63, 3.8) is 0 Å². The highest BCUT2D eigenvalue weighted by Gasteiger charge is 1.81. The van der Waals surface area contributed by atoms with Gasteiger partial charge in [-0.2, -0.15) is 0 Å². The molecule has 0 unspecified atom stereocenters. The quantitative estimate of drug-likeness (QED) is 0.476. The second-order valence-electron chi connectivity index (χ2n) is 2.40. The van der Waals surface area contributed by atoms with Gasteiger partial charge in [0.05, 0.1) is 0 Å². The minimum atomic E-state index is 0.963. The van der Waals surface area contributed by atoms with E-state index in [1.807, 2.05) is 0 Å². The predicted octanol–water partition coefficient (Wildman–Crippen LogP) is 3.03. The first-order valence-corrected chi connectivity index (χ1v) is 3.87. The van der Waals surface area contributed by atoms with Gasteiger partial charge in [-0.15, -0.1) is 0 Å². The van der Waals surface area contributed by atoms with Crippen LogP contribution in [-0.2, 0) is 0 Å². The summed E-state index contributed by atoms with van der Waals surface area (Å²) in [7, 11) is 0. The highest BCUT2D eigenvalue weighted by Crippen LogP contribution is 2.00. The van der Waals surface area contributed by atoms with Gasteiger partial charge in [0.1, 0.15) is 0 Å². The monoisotopic (exact) mass is 133 g/mol. The Bertz CT molecular complexity index is 149. The summed E-state index contributed by atoms with van der Waals surface area (Å²) >= 11 is 0. The summed E-state index contributed by atoms with van der Waals surface area (Å²) in [4.78, 5) is 0. The average molecular weight is 133 g/mol. The Kier molecular flexibility index (Phi) is 3.69. The van der Waals surface area contributed by atoms with Crippen molar-refractivity contribution in [2.24, 2.45) is 0 Å². The van der Waals surface area contributed by atoms with Crippen molar-refractivity contribution >= 4 is 0 Å². The molecule has 0 fully saturated rings. The van der Waals surface area contributed by atoms with Gasteiger partial charge in [-0.3, -0.25) is 0 Å². The van der Waals surface area contributed by atoms with Gasteiger partial charge in [-0.05, 0) is 31.8 Å². The zero-order valence-corrected chi connectivity index (χ0v) is 6.22. The summed E-state index contributed by atoms with van der Waals surface area (Å²) in [5.41, 5.74) is 0. The third-order valence-corrected chi connectivity index (χ3v) is 1.48. The third kappa shape index (κ3) is 3.29. The second kappa shape index (κ2) is 5.04. The fourth-order valence-electron chi connectivity index (χ4n) is 0.913. The van der Waals surface area contributed by atoms with Gasteiger partial charge in [0.2, 0.25) is 0 Å². The smallest absolute Gasteiger partial charge is 0.00948 e. The maximum absolute atomic E-state index is 3.21. The van der Waals surface area contributed by atoms with E-state index in [2.05, 4.69) is 36.5 Å². The number of rotatable bonds is 0. The van der Waals surface area contributed by atoms with Crippen LogP contribution >= 0.6 is 0 Å². The molecule has 0 aromatic heterocycles. The standard InChI is InChI=1S/C10H13/c1-2-4-6-8-10-9-7-5-3-1/h1-4,10H,5-7,9H2. The molecule has 0 aromatic rings. The molecular formula is C10H13. The average Bonchev–Trinajstić information content (AvgIpc) is 2.01. The summed E-state index contributed by atoms with van der Waals surface area (Å²) in [5, 5.41) is 0. The van der Waals surface area contributed by atoms with E-state index in [4.69, 9.17) is 0 Å². The molecule has 0 atom stereocenters. The normalized spacial score (nSPS) is 19.2. The van der Waals surface area contributed by atoms with Crippen LogP contribution in [0.5, 0.6) is 0 Å². The molecule has 0 nitrogen and oxygen atoms in total. The number of hydrogen-bond acceptors (Lipinski definition) is 0. The van der Waals surface area contributed by atoms with Crippen LogP contribution in [0.3, 0.4) is 0 Å². The zero-order chi connectivity index (χ0) is 7.07. The van der Waals surface area contributed by atoms with Crippen LogP contribution in [0.1, 0.15) is 25.7 Å². The fourth-order valence-corrected chi connectivity index (χ4v) is 0.913. The van der Waals surface area contributed by atoms with Gasteiger partial charge in [0.15, 0.2) is 0 Å². The summed E-state index contributed by atoms with van der Waals surface area (Å²) in [6.45, 7) is 0. The summed E-state index contributed by atoms with van der Waals surface area (Å²) in [6, 6.07) is 0. The first kappa shape index (κ1) is 7.33. The van der Waals surface area contributed by atoms with Crippen molar-refractivity contribution < 1.29 is 0 Å². The first-order chi connectivity index (χ1) is 5.00. The van der Waals surface area contributed by atoms with Crippen LogP contribution in [0.2, 0.25) is 0 Å². The zero-order valence-electron chi connectivity index (χ0n) is 6.22. The van der Waals surface area contributed by atoms with Gasteiger partial charge < -0.3 is 0 Å².